The van der Waals surface area contributed by atoms with E-state index in [4.69, 9.17) is 11.6 Å². The summed E-state index contributed by atoms with van der Waals surface area (Å²) >= 11 is 7.23. The highest BCUT2D eigenvalue weighted by molar-refractivity contribution is 7.99. The van der Waals surface area contributed by atoms with Crippen molar-refractivity contribution in [3.63, 3.8) is 0 Å². The number of carbonyl (C=O) groups excluding carboxylic acids is 2. The number of ether oxygens (including phenoxy) is 1. The predicted molar refractivity (Wildman–Crippen MR) is 120 cm³/mol. The molecule has 1 heterocycles. The van der Waals surface area contributed by atoms with Crippen LogP contribution in [0.3, 0.4) is 0 Å². The number of hydrogen-bond acceptors (Lipinski definition) is 7. The largest absolute Gasteiger partial charge is 0.465 e. The number of amides is 1. The molecule has 1 N–H and O–H groups in total. The summed E-state index contributed by atoms with van der Waals surface area (Å²) in [7, 11) is 1.33. The Morgan fingerprint density at radius 2 is 1.87 bits per heavy atom. The third-order valence-corrected chi connectivity index (χ3v) is 5.42. The number of rotatable bonds is 8. The normalized spacial score (nSPS) is 10.9. The first-order chi connectivity index (χ1) is 15.0. The van der Waals surface area contributed by atoms with Crippen LogP contribution in [0.2, 0.25) is 5.02 Å². The second-order valence-electron chi connectivity index (χ2n) is 6.25. The van der Waals surface area contributed by atoms with Crippen LogP contribution in [-0.4, -0.2) is 45.7 Å². The number of nitrogens with zero attached hydrogens (tertiary/aromatic N) is 4. The minimum atomic E-state index is -0.409. The molecule has 0 radical (unpaired) electrons. The van der Waals surface area contributed by atoms with E-state index >= 15 is 0 Å². The molecule has 0 aliphatic rings. The van der Waals surface area contributed by atoms with Crippen LogP contribution in [0.15, 0.2) is 58.8 Å². The summed E-state index contributed by atoms with van der Waals surface area (Å²) in [6.07, 6.45) is 1.50. The Balaban J connectivity index is 1.55. The van der Waals surface area contributed by atoms with E-state index in [2.05, 4.69) is 25.5 Å². The zero-order valence-electron chi connectivity index (χ0n) is 16.9. The Morgan fingerprint density at radius 3 is 2.52 bits per heavy atom. The van der Waals surface area contributed by atoms with Gasteiger partial charge in [-0.05, 0) is 48.9 Å². The minimum absolute atomic E-state index is 0.136. The summed E-state index contributed by atoms with van der Waals surface area (Å²) in [4.78, 5) is 23.6. The van der Waals surface area contributed by atoms with Gasteiger partial charge in [0.25, 0.3) is 5.91 Å². The molecule has 0 fully saturated rings. The minimum Gasteiger partial charge on any atom is -0.465 e. The predicted octanol–water partition coefficient (Wildman–Crippen LogP) is 3.65. The molecule has 0 unspecified atom stereocenters. The summed E-state index contributed by atoms with van der Waals surface area (Å²) in [5, 5.41) is 13.7. The van der Waals surface area contributed by atoms with Crippen LogP contribution >= 0.6 is 23.4 Å². The summed E-state index contributed by atoms with van der Waals surface area (Å²) in [6.45, 7) is 2.65. The Bertz CT molecular complexity index is 1080. The van der Waals surface area contributed by atoms with Crippen molar-refractivity contribution in [3.8, 4) is 11.4 Å². The SMILES string of the molecule is CCn1c(SCC(=O)N/N=C/c2ccc(C(=O)OC)cc2)nnc1-c1ccc(Cl)cc1. The maximum absolute atomic E-state index is 12.1. The fourth-order valence-corrected chi connectivity index (χ4v) is 3.58. The summed E-state index contributed by atoms with van der Waals surface area (Å²) < 4.78 is 6.59. The zero-order valence-corrected chi connectivity index (χ0v) is 18.5. The number of halogens is 1. The van der Waals surface area contributed by atoms with Crippen molar-refractivity contribution in [2.24, 2.45) is 5.10 Å². The molecule has 0 aliphatic heterocycles. The van der Waals surface area contributed by atoms with E-state index in [-0.39, 0.29) is 11.7 Å². The topological polar surface area (TPSA) is 98.5 Å². The Hall–Kier alpha value is -3.17. The number of hydrogen-bond donors (Lipinski definition) is 1. The van der Waals surface area contributed by atoms with Crippen LogP contribution in [0.5, 0.6) is 0 Å². The lowest BCUT2D eigenvalue weighted by atomic mass is 10.1. The van der Waals surface area contributed by atoms with E-state index in [9.17, 15) is 9.59 Å². The molecule has 1 aromatic heterocycles. The number of thioether (sulfide) groups is 1. The number of methoxy groups -OCH3 is 1. The van der Waals surface area contributed by atoms with Gasteiger partial charge >= 0.3 is 5.97 Å². The first kappa shape index (κ1) is 22.5. The van der Waals surface area contributed by atoms with Crippen molar-refractivity contribution in [2.75, 3.05) is 12.9 Å². The number of benzene rings is 2. The monoisotopic (exact) mass is 457 g/mol. The summed E-state index contributed by atoms with van der Waals surface area (Å²) in [5.74, 6) is 0.173. The highest BCUT2D eigenvalue weighted by atomic mass is 35.5. The molecule has 0 atom stereocenters. The molecular formula is C21H20ClN5O3S. The molecule has 0 saturated carbocycles. The van der Waals surface area contributed by atoms with E-state index in [1.807, 2.05) is 23.6 Å². The van der Waals surface area contributed by atoms with E-state index < -0.39 is 5.97 Å². The third kappa shape index (κ3) is 5.93. The van der Waals surface area contributed by atoms with Crippen LogP contribution in [0.25, 0.3) is 11.4 Å². The Labute approximate surface area is 188 Å². The molecule has 1 amide bonds. The fourth-order valence-electron chi connectivity index (χ4n) is 2.66. The maximum atomic E-state index is 12.1. The van der Waals surface area contributed by atoms with Crippen molar-refractivity contribution in [2.45, 2.75) is 18.6 Å². The Morgan fingerprint density at radius 1 is 1.16 bits per heavy atom. The lowest BCUT2D eigenvalue weighted by Gasteiger charge is -2.07. The molecule has 3 rings (SSSR count). The quantitative estimate of drug-likeness (QED) is 0.240. The van der Waals surface area contributed by atoms with Crippen molar-refractivity contribution < 1.29 is 14.3 Å². The second-order valence-corrected chi connectivity index (χ2v) is 7.63. The molecule has 8 nitrogen and oxygen atoms in total. The van der Waals surface area contributed by atoms with Gasteiger partial charge in [-0.15, -0.1) is 10.2 Å². The molecule has 0 bridgehead atoms. The average Bonchev–Trinajstić information content (AvgIpc) is 3.21. The van der Waals surface area contributed by atoms with Crippen molar-refractivity contribution in [1.82, 2.24) is 20.2 Å². The molecule has 0 saturated heterocycles. The fraction of sp³-hybridized carbons (Fsp3) is 0.190. The summed E-state index contributed by atoms with van der Waals surface area (Å²) in [5.41, 5.74) is 4.56. The molecule has 2 aromatic carbocycles. The van der Waals surface area contributed by atoms with Gasteiger partial charge in [0.15, 0.2) is 11.0 Å². The molecule has 3 aromatic rings. The van der Waals surface area contributed by atoms with Gasteiger partial charge in [-0.3, -0.25) is 4.79 Å². The van der Waals surface area contributed by atoms with Crippen LogP contribution in [-0.2, 0) is 16.1 Å². The molecule has 31 heavy (non-hydrogen) atoms. The standard InChI is InChI=1S/C21H20ClN5O3S/c1-3-27-19(15-8-10-17(22)11-9-15)25-26-21(27)31-13-18(28)24-23-12-14-4-6-16(7-5-14)20(29)30-2/h4-12H,3,13H2,1-2H3,(H,24,28)/b23-12+. The van der Waals surface area contributed by atoms with E-state index in [1.165, 1.54) is 25.1 Å². The third-order valence-electron chi connectivity index (χ3n) is 4.20. The van der Waals surface area contributed by atoms with Gasteiger partial charge in [-0.2, -0.15) is 5.10 Å². The van der Waals surface area contributed by atoms with Gasteiger partial charge in [-0.1, -0.05) is 35.5 Å². The number of esters is 1. The Kier molecular flexibility index (Phi) is 7.80. The number of carbonyl (C=O) groups is 2. The van der Waals surface area contributed by atoms with Crippen LogP contribution < -0.4 is 5.43 Å². The summed E-state index contributed by atoms with van der Waals surface area (Å²) in [6, 6.07) is 14.0. The molecule has 0 spiro atoms. The van der Waals surface area contributed by atoms with Gasteiger partial charge in [0.1, 0.15) is 0 Å². The van der Waals surface area contributed by atoms with E-state index in [1.54, 1.807) is 36.4 Å². The maximum Gasteiger partial charge on any atom is 0.337 e. The first-order valence-electron chi connectivity index (χ1n) is 9.34. The lowest BCUT2D eigenvalue weighted by Crippen LogP contribution is -2.20. The first-order valence-corrected chi connectivity index (χ1v) is 10.7. The van der Waals surface area contributed by atoms with Crippen molar-refractivity contribution in [3.05, 3.63) is 64.7 Å². The van der Waals surface area contributed by atoms with E-state index in [0.717, 1.165) is 17.0 Å². The smallest absolute Gasteiger partial charge is 0.337 e. The van der Waals surface area contributed by atoms with Crippen molar-refractivity contribution in [1.29, 1.82) is 0 Å². The zero-order chi connectivity index (χ0) is 22.2. The van der Waals surface area contributed by atoms with Gasteiger partial charge in [-0.25, -0.2) is 10.2 Å². The number of aromatic nitrogens is 3. The van der Waals surface area contributed by atoms with Crippen molar-refractivity contribution >= 4 is 41.5 Å². The van der Waals surface area contributed by atoms with Gasteiger partial charge < -0.3 is 9.30 Å². The van der Waals surface area contributed by atoms with E-state index in [0.29, 0.717) is 22.3 Å². The van der Waals surface area contributed by atoms with Gasteiger partial charge in [0.05, 0.1) is 24.6 Å². The van der Waals surface area contributed by atoms with Crippen LogP contribution in [0, 0.1) is 0 Å². The number of hydrazone groups is 1. The molecule has 0 aliphatic carbocycles. The molecule has 10 heteroatoms. The molecule has 160 valence electrons. The second kappa shape index (κ2) is 10.7. The highest BCUT2D eigenvalue weighted by Gasteiger charge is 2.14. The van der Waals surface area contributed by atoms with Gasteiger partial charge in [0, 0.05) is 17.1 Å². The average molecular weight is 458 g/mol. The van der Waals surface area contributed by atoms with Crippen LogP contribution in [0.1, 0.15) is 22.8 Å². The lowest BCUT2D eigenvalue weighted by molar-refractivity contribution is -0.118. The van der Waals surface area contributed by atoms with Gasteiger partial charge in [0.2, 0.25) is 0 Å². The molecular weight excluding hydrogens is 438 g/mol. The highest BCUT2D eigenvalue weighted by Crippen LogP contribution is 2.25. The van der Waals surface area contributed by atoms with Crippen LogP contribution in [0.4, 0.5) is 0 Å². The number of nitrogens with one attached hydrogen (secondary N) is 1.